The van der Waals surface area contributed by atoms with E-state index in [1.165, 1.54) is 12.1 Å². The van der Waals surface area contributed by atoms with Crippen LogP contribution in [0.4, 0.5) is 4.39 Å². The first-order valence-electron chi connectivity index (χ1n) is 10.4. The van der Waals surface area contributed by atoms with E-state index in [2.05, 4.69) is 9.88 Å². The number of morpholine rings is 1. The summed E-state index contributed by atoms with van der Waals surface area (Å²) in [5.41, 5.74) is 0.626. The maximum absolute atomic E-state index is 13.8. The molecule has 0 N–H and O–H groups in total. The van der Waals surface area contributed by atoms with Crippen LogP contribution in [0.15, 0.2) is 51.8 Å². The molecule has 0 spiro atoms. The Kier molecular flexibility index (Phi) is 5.25. The number of benzene rings is 1. The van der Waals surface area contributed by atoms with E-state index >= 15 is 0 Å². The Morgan fingerprint density at radius 2 is 1.94 bits per heavy atom. The van der Waals surface area contributed by atoms with Crippen LogP contribution in [-0.2, 0) is 4.74 Å². The van der Waals surface area contributed by atoms with Gasteiger partial charge in [0.05, 0.1) is 29.9 Å². The van der Waals surface area contributed by atoms with Gasteiger partial charge in [-0.2, -0.15) is 0 Å². The average Bonchev–Trinajstić information content (AvgIpc) is 3.08. The summed E-state index contributed by atoms with van der Waals surface area (Å²) in [6, 6.07) is 8.49. The Bertz CT molecular complexity index is 1170. The molecule has 31 heavy (non-hydrogen) atoms. The third-order valence-corrected chi connectivity index (χ3v) is 5.87. The fourth-order valence-electron chi connectivity index (χ4n) is 4.36. The third-order valence-electron chi connectivity index (χ3n) is 5.87. The van der Waals surface area contributed by atoms with Crippen molar-refractivity contribution in [1.82, 2.24) is 14.8 Å². The van der Waals surface area contributed by atoms with Crippen LogP contribution in [0.5, 0.6) is 0 Å². The number of fused-ring (bicyclic) bond motifs is 2. The molecule has 4 heterocycles. The molecule has 0 radical (unpaired) electrons. The topological polar surface area (TPSA) is 75.9 Å². The summed E-state index contributed by atoms with van der Waals surface area (Å²) in [4.78, 5) is 34.9. The van der Waals surface area contributed by atoms with Crippen molar-refractivity contribution in [3.05, 3.63) is 75.7 Å². The van der Waals surface area contributed by atoms with Gasteiger partial charge in [0.25, 0.3) is 5.91 Å². The molecule has 7 nitrogen and oxygen atoms in total. The molecule has 8 heteroatoms. The number of hydrogen-bond donors (Lipinski definition) is 0. The van der Waals surface area contributed by atoms with Crippen LogP contribution in [0.1, 0.15) is 34.3 Å². The SMILES string of the molecule is O=C1c2oc3ccc(F)cc3c(=O)c2C(c2ccccn2)N1CCCN1CCOCC1. The van der Waals surface area contributed by atoms with Gasteiger partial charge < -0.3 is 14.1 Å². The maximum Gasteiger partial charge on any atom is 0.290 e. The van der Waals surface area contributed by atoms with Crippen LogP contribution in [0.3, 0.4) is 0 Å². The largest absolute Gasteiger partial charge is 0.450 e. The average molecular weight is 423 g/mol. The number of carbonyl (C=O) groups is 1. The van der Waals surface area contributed by atoms with Crippen molar-refractivity contribution < 1.29 is 18.3 Å². The second kappa shape index (κ2) is 8.20. The number of halogens is 1. The van der Waals surface area contributed by atoms with Crippen LogP contribution in [-0.4, -0.2) is 60.1 Å². The molecule has 1 amide bonds. The lowest BCUT2D eigenvalue weighted by Gasteiger charge is -2.28. The number of rotatable bonds is 5. The van der Waals surface area contributed by atoms with Crippen LogP contribution in [0, 0.1) is 5.82 Å². The van der Waals surface area contributed by atoms with Crippen LogP contribution in [0.25, 0.3) is 11.0 Å². The lowest BCUT2D eigenvalue weighted by Crippen LogP contribution is -2.39. The molecule has 2 aliphatic rings. The van der Waals surface area contributed by atoms with Crippen molar-refractivity contribution in [1.29, 1.82) is 0 Å². The van der Waals surface area contributed by atoms with Crippen molar-refractivity contribution in [3.8, 4) is 0 Å². The summed E-state index contributed by atoms with van der Waals surface area (Å²) in [6.07, 6.45) is 2.37. The van der Waals surface area contributed by atoms with Gasteiger partial charge in [0.15, 0.2) is 5.43 Å². The fraction of sp³-hybridized carbons (Fsp3) is 0.348. The van der Waals surface area contributed by atoms with Gasteiger partial charge in [-0.15, -0.1) is 0 Å². The number of carbonyl (C=O) groups excluding carboxylic acids is 1. The quantitative estimate of drug-likeness (QED) is 0.628. The minimum atomic E-state index is -0.655. The van der Waals surface area contributed by atoms with Crippen molar-refractivity contribution in [2.45, 2.75) is 12.5 Å². The Morgan fingerprint density at radius 3 is 2.71 bits per heavy atom. The molecule has 5 rings (SSSR count). The van der Waals surface area contributed by atoms with Gasteiger partial charge in [0.2, 0.25) is 5.76 Å². The number of nitrogens with zero attached hydrogens (tertiary/aromatic N) is 3. The molecule has 2 aliphatic heterocycles. The van der Waals surface area contributed by atoms with Crippen LogP contribution >= 0.6 is 0 Å². The Morgan fingerprint density at radius 1 is 1.10 bits per heavy atom. The number of ether oxygens (including phenoxy) is 1. The highest BCUT2D eigenvalue weighted by Crippen LogP contribution is 2.37. The highest BCUT2D eigenvalue weighted by molar-refractivity contribution is 5.98. The summed E-state index contributed by atoms with van der Waals surface area (Å²) < 4.78 is 25.0. The maximum atomic E-state index is 13.8. The Balaban J connectivity index is 1.52. The predicted octanol–water partition coefficient (Wildman–Crippen LogP) is 2.59. The molecule has 2 aromatic heterocycles. The summed E-state index contributed by atoms with van der Waals surface area (Å²) >= 11 is 0. The zero-order valence-electron chi connectivity index (χ0n) is 16.9. The van der Waals surface area contributed by atoms with Gasteiger partial charge in [0, 0.05) is 32.4 Å². The van der Waals surface area contributed by atoms with E-state index in [0.717, 1.165) is 32.1 Å². The zero-order chi connectivity index (χ0) is 21.4. The molecule has 3 aromatic rings. The first-order chi connectivity index (χ1) is 15.1. The highest BCUT2D eigenvalue weighted by Gasteiger charge is 2.43. The molecular weight excluding hydrogens is 401 g/mol. The molecule has 1 aromatic carbocycles. The van der Waals surface area contributed by atoms with E-state index in [0.29, 0.717) is 25.5 Å². The first-order valence-corrected chi connectivity index (χ1v) is 10.4. The minimum Gasteiger partial charge on any atom is -0.450 e. The fourth-order valence-corrected chi connectivity index (χ4v) is 4.36. The van der Waals surface area contributed by atoms with E-state index in [1.54, 1.807) is 23.2 Å². The van der Waals surface area contributed by atoms with Gasteiger partial charge >= 0.3 is 0 Å². The monoisotopic (exact) mass is 423 g/mol. The smallest absolute Gasteiger partial charge is 0.290 e. The Labute approximate surface area is 178 Å². The predicted molar refractivity (Wildman–Crippen MR) is 111 cm³/mol. The number of amides is 1. The molecule has 0 bridgehead atoms. The van der Waals surface area contributed by atoms with E-state index in [9.17, 15) is 14.0 Å². The molecule has 1 fully saturated rings. The summed E-state index contributed by atoms with van der Waals surface area (Å²) in [5.74, 6) is -0.845. The summed E-state index contributed by atoms with van der Waals surface area (Å²) in [6.45, 7) is 4.45. The molecule has 0 saturated carbocycles. The second-order valence-corrected chi connectivity index (χ2v) is 7.78. The minimum absolute atomic E-state index is 0.0196. The van der Waals surface area contributed by atoms with Gasteiger partial charge in [0.1, 0.15) is 17.4 Å². The summed E-state index contributed by atoms with van der Waals surface area (Å²) in [5, 5.41) is 0.127. The highest BCUT2D eigenvalue weighted by atomic mass is 19.1. The molecule has 160 valence electrons. The van der Waals surface area contributed by atoms with Gasteiger partial charge in [-0.05, 0) is 36.8 Å². The van der Waals surface area contributed by atoms with E-state index in [-0.39, 0.29) is 28.2 Å². The first kappa shape index (κ1) is 19.8. The zero-order valence-corrected chi connectivity index (χ0v) is 16.9. The van der Waals surface area contributed by atoms with Crippen molar-refractivity contribution in [3.63, 3.8) is 0 Å². The van der Waals surface area contributed by atoms with Crippen LogP contribution < -0.4 is 5.43 Å². The van der Waals surface area contributed by atoms with Crippen LogP contribution in [0.2, 0.25) is 0 Å². The molecule has 1 unspecified atom stereocenters. The number of hydrogen-bond acceptors (Lipinski definition) is 6. The van der Waals surface area contributed by atoms with Gasteiger partial charge in [-0.3, -0.25) is 19.5 Å². The van der Waals surface area contributed by atoms with E-state index in [1.807, 2.05) is 6.07 Å². The van der Waals surface area contributed by atoms with Crippen molar-refractivity contribution in [2.75, 3.05) is 39.4 Å². The molecular formula is C23H22FN3O4. The second-order valence-electron chi connectivity index (χ2n) is 7.78. The van der Waals surface area contributed by atoms with Gasteiger partial charge in [-0.25, -0.2) is 4.39 Å². The van der Waals surface area contributed by atoms with Crippen molar-refractivity contribution >= 4 is 16.9 Å². The molecule has 0 aliphatic carbocycles. The normalized spacial score (nSPS) is 19.2. The Hall–Kier alpha value is -3.10. The third kappa shape index (κ3) is 3.62. The lowest BCUT2D eigenvalue weighted by atomic mass is 10.0. The van der Waals surface area contributed by atoms with Crippen molar-refractivity contribution in [2.24, 2.45) is 0 Å². The molecule has 1 saturated heterocycles. The van der Waals surface area contributed by atoms with E-state index in [4.69, 9.17) is 9.15 Å². The number of pyridine rings is 1. The van der Waals surface area contributed by atoms with Gasteiger partial charge in [-0.1, -0.05) is 6.07 Å². The number of aromatic nitrogens is 1. The van der Waals surface area contributed by atoms with E-state index < -0.39 is 17.3 Å². The summed E-state index contributed by atoms with van der Waals surface area (Å²) in [7, 11) is 0. The molecule has 1 atom stereocenters. The lowest BCUT2D eigenvalue weighted by molar-refractivity contribution is 0.0353. The standard InChI is InChI=1S/C23H22FN3O4/c24-15-5-6-18-16(14-15)21(28)19-20(17-4-1-2-7-25-17)27(23(29)22(19)31-18)9-3-8-26-10-12-30-13-11-26/h1-2,4-7,14,20H,3,8-13H2.